The Hall–Kier alpha value is -2.53. The van der Waals surface area contributed by atoms with Crippen LogP contribution < -0.4 is 0 Å². The van der Waals surface area contributed by atoms with Crippen molar-refractivity contribution in [3.63, 3.8) is 0 Å². The average Bonchev–Trinajstić information content (AvgIpc) is 2.82. The van der Waals surface area contributed by atoms with Gasteiger partial charge >= 0.3 is 0 Å². The van der Waals surface area contributed by atoms with Crippen molar-refractivity contribution in [2.75, 3.05) is 6.54 Å². The lowest BCUT2D eigenvalue weighted by Crippen LogP contribution is -2.30. The third-order valence-electron chi connectivity index (χ3n) is 3.62. The Balaban J connectivity index is 1.71. The van der Waals surface area contributed by atoms with Crippen LogP contribution >= 0.6 is 12.2 Å². The van der Waals surface area contributed by atoms with Crippen molar-refractivity contribution in [2.45, 2.75) is 13.3 Å². The summed E-state index contributed by atoms with van der Waals surface area (Å²) in [5.74, 6) is 0.0817. The molecule has 0 spiro atoms. The van der Waals surface area contributed by atoms with Crippen LogP contribution in [0.3, 0.4) is 0 Å². The Morgan fingerprint density at radius 3 is 2.57 bits per heavy atom. The molecule has 1 aromatic heterocycles. The lowest BCUT2D eigenvalue weighted by Gasteiger charge is -2.11. The van der Waals surface area contributed by atoms with E-state index in [1.54, 1.807) is 18.5 Å². The number of aromatic nitrogens is 1. The molecule has 116 valence electrons. The Morgan fingerprint density at radius 1 is 1.17 bits per heavy atom. The zero-order chi connectivity index (χ0) is 16.2. The summed E-state index contributed by atoms with van der Waals surface area (Å²) < 4.78 is 5.47. The second-order valence-corrected chi connectivity index (χ2v) is 5.70. The van der Waals surface area contributed by atoms with Gasteiger partial charge in [-0.2, -0.15) is 0 Å². The molecule has 0 saturated carbocycles. The van der Waals surface area contributed by atoms with Crippen LogP contribution in [0.5, 0.6) is 0 Å². The second kappa shape index (κ2) is 6.71. The maximum Gasteiger partial charge on any atom is 0.297 e. The van der Waals surface area contributed by atoms with Gasteiger partial charge in [0.15, 0.2) is 5.76 Å². The minimum Gasteiger partial charge on any atom is -0.426 e. The zero-order valence-electron chi connectivity index (χ0n) is 12.7. The van der Waals surface area contributed by atoms with Crippen molar-refractivity contribution >= 4 is 29.4 Å². The Bertz CT molecular complexity index is 754. The molecule has 3 rings (SSSR count). The number of ether oxygens (including phenoxy) is 1. The molecule has 2 aromatic rings. The average molecular weight is 324 g/mol. The molecule has 5 heteroatoms. The SMILES string of the molecule is Cc1ccc(/C=C2/OC(=S)N(CCc3ccncc3)C2=O)cc1. The first kappa shape index (κ1) is 15.4. The predicted molar refractivity (Wildman–Crippen MR) is 92.5 cm³/mol. The number of thiocarbonyl (C=S) groups is 1. The molecule has 1 aromatic carbocycles. The number of nitrogens with zero attached hydrogens (tertiary/aromatic N) is 2. The first-order chi connectivity index (χ1) is 11.1. The number of benzene rings is 1. The van der Waals surface area contributed by atoms with Crippen molar-refractivity contribution in [3.05, 3.63) is 71.2 Å². The fourth-order valence-electron chi connectivity index (χ4n) is 2.30. The molecular formula is C18H16N2O2S. The van der Waals surface area contributed by atoms with Crippen LogP contribution in [0.2, 0.25) is 0 Å². The largest absolute Gasteiger partial charge is 0.426 e. The van der Waals surface area contributed by atoms with Gasteiger partial charge in [-0.05, 0) is 54.9 Å². The van der Waals surface area contributed by atoms with Crippen molar-refractivity contribution in [1.82, 2.24) is 9.88 Å². The molecule has 1 fully saturated rings. The standard InChI is InChI=1S/C18H16N2O2S/c1-13-2-4-15(5-3-13)12-16-17(21)20(18(23)22-16)11-8-14-6-9-19-10-7-14/h2-7,9-10,12H,8,11H2,1H3/b16-12+. The molecular weight excluding hydrogens is 308 g/mol. The normalized spacial score (nSPS) is 16.0. The number of hydrogen-bond donors (Lipinski definition) is 0. The van der Waals surface area contributed by atoms with Crippen LogP contribution in [-0.4, -0.2) is 27.5 Å². The lowest BCUT2D eigenvalue weighted by molar-refractivity contribution is -0.122. The summed E-state index contributed by atoms with van der Waals surface area (Å²) in [7, 11) is 0. The first-order valence-electron chi connectivity index (χ1n) is 7.34. The van der Waals surface area contributed by atoms with Gasteiger partial charge in [-0.25, -0.2) is 0 Å². The first-order valence-corrected chi connectivity index (χ1v) is 7.75. The number of carbonyl (C=O) groups excluding carboxylic acids is 1. The van der Waals surface area contributed by atoms with Gasteiger partial charge in [-0.1, -0.05) is 29.8 Å². The zero-order valence-corrected chi connectivity index (χ0v) is 13.5. The number of rotatable bonds is 4. The van der Waals surface area contributed by atoms with Gasteiger partial charge in [-0.15, -0.1) is 0 Å². The minimum atomic E-state index is -0.190. The maximum atomic E-state index is 12.4. The van der Waals surface area contributed by atoms with E-state index in [9.17, 15) is 4.79 Å². The van der Waals surface area contributed by atoms with Gasteiger partial charge in [-0.3, -0.25) is 14.7 Å². The molecule has 23 heavy (non-hydrogen) atoms. The van der Waals surface area contributed by atoms with Gasteiger partial charge in [0.1, 0.15) is 0 Å². The Morgan fingerprint density at radius 2 is 1.87 bits per heavy atom. The third kappa shape index (κ3) is 3.63. The maximum absolute atomic E-state index is 12.4. The summed E-state index contributed by atoms with van der Waals surface area (Å²) in [6.45, 7) is 2.51. The van der Waals surface area contributed by atoms with E-state index in [0.29, 0.717) is 13.0 Å². The van der Waals surface area contributed by atoms with Crippen molar-refractivity contribution in [2.24, 2.45) is 0 Å². The lowest BCUT2D eigenvalue weighted by atomic mass is 10.1. The molecule has 0 unspecified atom stereocenters. The summed E-state index contributed by atoms with van der Waals surface area (Å²) in [6, 6.07) is 11.7. The van der Waals surface area contributed by atoms with Crippen LogP contribution in [0.25, 0.3) is 6.08 Å². The molecule has 1 amide bonds. The van der Waals surface area contributed by atoms with Crippen LogP contribution in [0.4, 0.5) is 0 Å². The highest BCUT2D eigenvalue weighted by Gasteiger charge is 2.32. The smallest absolute Gasteiger partial charge is 0.297 e. The molecule has 1 aliphatic rings. The quantitative estimate of drug-likeness (QED) is 0.640. The summed E-state index contributed by atoms with van der Waals surface area (Å²) in [5, 5.41) is 0.211. The highest BCUT2D eigenvalue weighted by molar-refractivity contribution is 7.80. The number of carbonyl (C=O) groups is 1. The van der Waals surface area contributed by atoms with E-state index >= 15 is 0 Å². The van der Waals surface area contributed by atoms with Crippen molar-refractivity contribution < 1.29 is 9.53 Å². The second-order valence-electron chi connectivity index (χ2n) is 5.35. The number of amides is 1. The molecule has 0 aliphatic carbocycles. The van der Waals surface area contributed by atoms with E-state index in [-0.39, 0.29) is 16.8 Å². The Labute approximate surface area is 140 Å². The predicted octanol–water partition coefficient (Wildman–Crippen LogP) is 3.12. The van der Waals surface area contributed by atoms with Gasteiger partial charge in [0.25, 0.3) is 11.1 Å². The summed E-state index contributed by atoms with van der Waals surface area (Å²) >= 11 is 5.18. The van der Waals surface area contributed by atoms with Crippen molar-refractivity contribution in [3.8, 4) is 0 Å². The van der Waals surface area contributed by atoms with Crippen LogP contribution in [0.1, 0.15) is 16.7 Å². The number of hydrogen-bond acceptors (Lipinski definition) is 4. The molecule has 1 saturated heterocycles. The van der Waals surface area contributed by atoms with Crippen LogP contribution in [-0.2, 0) is 16.0 Å². The number of pyridine rings is 1. The Kier molecular flexibility index (Phi) is 4.48. The van der Waals surface area contributed by atoms with E-state index in [0.717, 1.165) is 11.1 Å². The molecule has 1 aliphatic heterocycles. The van der Waals surface area contributed by atoms with E-state index < -0.39 is 0 Å². The van der Waals surface area contributed by atoms with E-state index in [2.05, 4.69) is 4.98 Å². The van der Waals surface area contributed by atoms with Crippen LogP contribution in [0.15, 0.2) is 54.6 Å². The highest BCUT2D eigenvalue weighted by atomic mass is 32.1. The van der Waals surface area contributed by atoms with E-state index in [1.807, 2.05) is 43.3 Å². The summed E-state index contributed by atoms with van der Waals surface area (Å²) in [6.07, 6.45) is 5.90. The summed E-state index contributed by atoms with van der Waals surface area (Å²) in [4.78, 5) is 17.9. The molecule has 0 bridgehead atoms. The molecule has 4 nitrogen and oxygen atoms in total. The van der Waals surface area contributed by atoms with Crippen molar-refractivity contribution in [1.29, 1.82) is 0 Å². The topological polar surface area (TPSA) is 42.4 Å². The monoisotopic (exact) mass is 324 g/mol. The fraction of sp³-hybridized carbons (Fsp3) is 0.167. The van der Waals surface area contributed by atoms with E-state index in [4.69, 9.17) is 17.0 Å². The van der Waals surface area contributed by atoms with E-state index in [1.165, 1.54) is 10.5 Å². The number of aryl methyl sites for hydroxylation is 1. The van der Waals surface area contributed by atoms with Gasteiger partial charge in [0.2, 0.25) is 0 Å². The van der Waals surface area contributed by atoms with Gasteiger partial charge in [0, 0.05) is 18.9 Å². The molecule has 0 N–H and O–H groups in total. The minimum absolute atomic E-state index is 0.190. The van der Waals surface area contributed by atoms with Gasteiger partial charge < -0.3 is 4.74 Å². The molecule has 2 heterocycles. The summed E-state index contributed by atoms with van der Waals surface area (Å²) in [5.41, 5.74) is 3.18. The third-order valence-corrected chi connectivity index (χ3v) is 3.93. The fourth-order valence-corrected chi connectivity index (χ4v) is 2.56. The van der Waals surface area contributed by atoms with Crippen LogP contribution in [0, 0.1) is 6.92 Å². The highest BCUT2D eigenvalue weighted by Crippen LogP contribution is 2.20. The van der Waals surface area contributed by atoms with Gasteiger partial charge in [0.05, 0.1) is 0 Å². The molecule has 0 atom stereocenters. The molecule has 0 radical (unpaired) electrons.